The number of nitrogens with zero attached hydrogens (tertiary/aromatic N) is 2. The molecule has 0 bridgehead atoms. The van der Waals surface area contributed by atoms with Crippen molar-refractivity contribution in [2.45, 2.75) is 58.4 Å². The van der Waals surface area contributed by atoms with Gasteiger partial charge in [0.25, 0.3) is 11.8 Å². The van der Waals surface area contributed by atoms with E-state index in [2.05, 4.69) is 17.1 Å². The van der Waals surface area contributed by atoms with Gasteiger partial charge in [-0.15, -0.1) is 0 Å². The fourth-order valence-electron chi connectivity index (χ4n) is 4.07. The van der Waals surface area contributed by atoms with Crippen LogP contribution in [0.4, 0.5) is 0 Å². The van der Waals surface area contributed by atoms with Gasteiger partial charge < -0.3 is 10.2 Å². The van der Waals surface area contributed by atoms with E-state index in [1.54, 1.807) is 12.1 Å². The Morgan fingerprint density at radius 2 is 1.89 bits per heavy atom. The molecule has 152 valence electrons. The number of amides is 3. The lowest BCUT2D eigenvalue weighted by Crippen LogP contribution is -2.38. The van der Waals surface area contributed by atoms with Crippen molar-refractivity contribution in [3.63, 3.8) is 0 Å². The highest BCUT2D eigenvalue weighted by Crippen LogP contribution is 2.24. The fraction of sp³-hybridized carbons (Fsp3) is 0.591. The highest BCUT2D eigenvalue weighted by Gasteiger charge is 2.35. The zero-order chi connectivity index (χ0) is 20.1. The number of carbonyl (C=O) groups is 3. The van der Waals surface area contributed by atoms with Crippen LogP contribution in [-0.2, 0) is 4.79 Å². The van der Waals surface area contributed by atoms with Crippen molar-refractivity contribution < 1.29 is 14.4 Å². The van der Waals surface area contributed by atoms with Crippen LogP contribution in [0.3, 0.4) is 0 Å². The number of hydrogen-bond acceptors (Lipinski definition) is 4. The molecule has 0 aliphatic carbocycles. The normalized spacial score (nSPS) is 19.8. The number of nitrogens with one attached hydrogen (secondary N) is 1. The molecule has 2 heterocycles. The molecule has 3 rings (SSSR count). The number of unbranched alkanes of at least 4 members (excludes halogenated alkanes) is 1. The van der Waals surface area contributed by atoms with Crippen molar-refractivity contribution in [2.75, 3.05) is 26.2 Å². The predicted molar refractivity (Wildman–Crippen MR) is 108 cm³/mol. The third kappa shape index (κ3) is 4.79. The van der Waals surface area contributed by atoms with Crippen LogP contribution in [0.25, 0.3) is 0 Å². The first-order chi connectivity index (χ1) is 13.5. The number of carbonyl (C=O) groups excluding carboxylic acids is 3. The van der Waals surface area contributed by atoms with Gasteiger partial charge in [0.05, 0.1) is 11.1 Å². The Bertz CT molecular complexity index is 747. The first-order valence-electron chi connectivity index (χ1n) is 10.4. The maximum absolute atomic E-state index is 12.4. The topological polar surface area (TPSA) is 69.7 Å². The van der Waals surface area contributed by atoms with Gasteiger partial charge in [0.1, 0.15) is 0 Å². The van der Waals surface area contributed by atoms with E-state index in [0.29, 0.717) is 23.7 Å². The molecule has 1 unspecified atom stereocenters. The number of imide groups is 1. The number of aryl methyl sites for hydroxylation is 1. The largest absolute Gasteiger partial charge is 0.356 e. The van der Waals surface area contributed by atoms with E-state index in [9.17, 15) is 14.4 Å². The maximum atomic E-state index is 12.4. The molecule has 1 aromatic carbocycles. The molecule has 1 N–H and O–H groups in total. The molecular formula is C22H31N3O3. The summed E-state index contributed by atoms with van der Waals surface area (Å²) in [4.78, 5) is 40.6. The van der Waals surface area contributed by atoms with Crippen LogP contribution in [0, 0.1) is 6.92 Å². The summed E-state index contributed by atoms with van der Waals surface area (Å²) >= 11 is 0. The number of piperidine rings is 1. The number of fused-ring (bicyclic) bond motifs is 1. The van der Waals surface area contributed by atoms with Gasteiger partial charge in [0.15, 0.2) is 0 Å². The lowest BCUT2D eigenvalue weighted by Gasteiger charge is -2.33. The van der Waals surface area contributed by atoms with Crippen LogP contribution >= 0.6 is 0 Å². The standard InChI is InChI=1S/C22H31N3O3/c1-16-8-9-18-19(15-16)22(28)25(21(18)27)14-10-20(26)23-11-4-6-13-24-12-5-3-7-17(24)2/h8-9,15,17H,3-7,10-14H2,1-2H3,(H,23,26). The van der Waals surface area contributed by atoms with E-state index in [4.69, 9.17) is 0 Å². The summed E-state index contributed by atoms with van der Waals surface area (Å²) in [5, 5.41) is 2.91. The van der Waals surface area contributed by atoms with Gasteiger partial charge in [-0.3, -0.25) is 19.3 Å². The van der Waals surface area contributed by atoms with E-state index in [-0.39, 0.29) is 30.7 Å². The second kappa shape index (κ2) is 9.32. The minimum Gasteiger partial charge on any atom is -0.356 e. The van der Waals surface area contributed by atoms with Gasteiger partial charge in [-0.2, -0.15) is 0 Å². The average molecular weight is 386 g/mol. The third-order valence-corrected chi connectivity index (χ3v) is 5.82. The monoisotopic (exact) mass is 385 g/mol. The summed E-state index contributed by atoms with van der Waals surface area (Å²) in [6, 6.07) is 5.92. The predicted octanol–water partition coefficient (Wildman–Crippen LogP) is 2.75. The van der Waals surface area contributed by atoms with Crippen molar-refractivity contribution in [3.8, 4) is 0 Å². The lowest BCUT2D eigenvalue weighted by atomic mass is 10.0. The molecule has 1 saturated heterocycles. The molecule has 1 fully saturated rings. The molecule has 28 heavy (non-hydrogen) atoms. The van der Waals surface area contributed by atoms with Crippen LogP contribution in [0.15, 0.2) is 18.2 Å². The van der Waals surface area contributed by atoms with Crippen molar-refractivity contribution in [2.24, 2.45) is 0 Å². The number of hydrogen-bond donors (Lipinski definition) is 1. The van der Waals surface area contributed by atoms with Crippen LogP contribution in [0.5, 0.6) is 0 Å². The van der Waals surface area contributed by atoms with E-state index in [1.165, 1.54) is 30.7 Å². The summed E-state index contributed by atoms with van der Waals surface area (Å²) in [6.45, 7) is 7.23. The van der Waals surface area contributed by atoms with Crippen molar-refractivity contribution in [1.82, 2.24) is 15.1 Å². The van der Waals surface area contributed by atoms with Gasteiger partial charge in [0.2, 0.25) is 5.91 Å². The van der Waals surface area contributed by atoms with Crippen LogP contribution < -0.4 is 5.32 Å². The van der Waals surface area contributed by atoms with Crippen LogP contribution in [0.1, 0.15) is 71.7 Å². The smallest absolute Gasteiger partial charge is 0.261 e. The number of benzene rings is 1. The molecule has 1 atom stereocenters. The molecule has 0 radical (unpaired) electrons. The Hall–Kier alpha value is -2.21. The maximum Gasteiger partial charge on any atom is 0.261 e. The molecule has 6 heteroatoms. The Morgan fingerprint density at radius 3 is 2.68 bits per heavy atom. The van der Waals surface area contributed by atoms with Crippen molar-refractivity contribution in [1.29, 1.82) is 0 Å². The molecule has 2 aliphatic rings. The van der Waals surface area contributed by atoms with E-state index in [1.807, 2.05) is 13.0 Å². The summed E-state index contributed by atoms with van der Waals surface area (Å²) in [7, 11) is 0. The van der Waals surface area contributed by atoms with Gasteiger partial charge in [0, 0.05) is 25.6 Å². The fourth-order valence-corrected chi connectivity index (χ4v) is 4.07. The second-order valence-electron chi connectivity index (χ2n) is 8.00. The number of rotatable bonds is 8. The van der Waals surface area contributed by atoms with E-state index >= 15 is 0 Å². The van der Waals surface area contributed by atoms with E-state index in [0.717, 1.165) is 24.9 Å². The quantitative estimate of drug-likeness (QED) is 0.552. The Kier molecular flexibility index (Phi) is 6.83. The highest BCUT2D eigenvalue weighted by atomic mass is 16.2. The highest BCUT2D eigenvalue weighted by molar-refractivity contribution is 6.21. The Balaban J connectivity index is 1.35. The third-order valence-electron chi connectivity index (χ3n) is 5.82. The zero-order valence-corrected chi connectivity index (χ0v) is 17.0. The molecular weight excluding hydrogens is 354 g/mol. The van der Waals surface area contributed by atoms with Crippen LogP contribution in [-0.4, -0.2) is 59.7 Å². The van der Waals surface area contributed by atoms with Crippen molar-refractivity contribution in [3.05, 3.63) is 34.9 Å². The summed E-state index contributed by atoms with van der Waals surface area (Å²) in [5.41, 5.74) is 1.82. The summed E-state index contributed by atoms with van der Waals surface area (Å²) < 4.78 is 0. The molecule has 3 amide bonds. The first kappa shape index (κ1) is 20.5. The van der Waals surface area contributed by atoms with Crippen molar-refractivity contribution >= 4 is 17.7 Å². The van der Waals surface area contributed by atoms with Gasteiger partial charge in [-0.1, -0.05) is 18.1 Å². The molecule has 2 aliphatic heterocycles. The van der Waals surface area contributed by atoms with Crippen LogP contribution in [0.2, 0.25) is 0 Å². The molecule has 0 aromatic heterocycles. The average Bonchev–Trinajstić information content (AvgIpc) is 2.91. The minimum atomic E-state index is -0.302. The minimum absolute atomic E-state index is 0.112. The molecule has 1 aromatic rings. The molecule has 0 saturated carbocycles. The Morgan fingerprint density at radius 1 is 1.11 bits per heavy atom. The zero-order valence-electron chi connectivity index (χ0n) is 17.0. The second-order valence-corrected chi connectivity index (χ2v) is 8.00. The number of likely N-dealkylation sites (tertiary alicyclic amines) is 1. The van der Waals surface area contributed by atoms with E-state index < -0.39 is 0 Å². The first-order valence-corrected chi connectivity index (χ1v) is 10.4. The molecule has 6 nitrogen and oxygen atoms in total. The molecule has 0 spiro atoms. The summed E-state index contributed by atoms with van der Waals surface area (Å²) in [5.74, 6) is -0.713. The SMILES string of the molecule is Cc1ccc2c(c1)C(=O)N(CCC(=O)NCCCCN1CCCCC1C)C2=O. The summed E-state index contributed by atoms with van der Waals surface area (Å²) in [6.07, 6.45) is 6.07. The van der Waals surface area contributed by atoms with Gasteiger partial charge in [-0.25, -0.2) is 0 Å². The lowest BCUT2D eigenvalue weighted by molar-refractivity contribution is -0.121. The van der Waals surface area contributed by atoms with Gasteiger partial charge in [-0.05, 0) is 64.8 Å². The van der Waals surface area contributed by atoms with Gasteiger partial charge >= 0.3 is 0 Å². The Labute approximate surface area is 167 Å².